The maximum Gasteiger partial charge on any atom is -0.0178 e. The van der Waals surface area contributed by atoms with Crippen LogP contribution >= 0.6 is 0 Å². The summed E-state index contributed by atoms with van der Waals surface area (Å²) in [6.45, 7) is 14.1. The lowest BCUT2D eigenvalue weighted by Gasteiger charge is -2.07. The summed E-state index contributed by atoms with van der Waals surface area (Å²) in [6, 6.07) is 8.60. The summed E-state index contributed by atoms with van der Waals surface area (Å²) in [4.78, 5) is 0. The van der Waals surface area contributed by atoms with Gasteiger partial charge in [0, 0.05) is 0 Å². The van der Waals surface area contributed by atoms with Gasteiger partial charge in [0.1, 0.15) is 0 Å². The third-order valence-electron chi connectivity index (χ3n) is 2.99. The van der Waals surface area contributed by atoms with Crippen LogP contribution in [0.4, 0.5) is 0 Å². The van der Waals surface area contributed by atoms with E-state index in [2.05, 4.69) is 69.0 Å². The van der Waals surface area contributed by atoms with Gasteiger partial charge in [0.2, 0.25) is 0 Å². The van der Waals surface area contributed by atoms with Gasteiger partial charge in [0.25, 0.3) is 0 Å². The first-order valence-electron chi connectivity index (χ1n) is 8.15. The fourth-order valence-electron chi connectivity index (χ4n) is 2.04. The number of rotatable bonds is 6. The number of allylic oxidation sites excluding steroid dienone is 9. The minimum Gasteiger partial charge on any atom is -0.0984 e. The van der Waals surface area contributed by atoms with Crippen LogP contribution in [-0.2, 0) is 0 Å². The highest BCUT2D eigenvalue weighted by atomic mass is 14.1. The smallest absolute Gasteiger partial charge is 0.0178 e. The van der Waals surface area contributed by atoms with E-state index < -0.39 is 0 Å². The summed E-state index contributed by atoms with van der Waals surface area (Å²) in [6.07, 6.45) is 15.6. The van der Waals surface area contributed by atoms with Gasteiger partial charge in [0.15, 0.2) is 0 Å². The number of benzene rings is 1. The van der Waals surface area contributed by atoms with Crippen molar-refractivity contribution in [2.24, 2.45) is 0 Å². The lowest BCUT2D eigenvalue weighted by Crippen LogP contribution is -1.86. The SMILES string of the molecule is C.C.C.C=C/C(=C\C=C/C)c1cccc(C(/C=C\C)=C/CC)c1.CC. The van der Waals surface area contributed by atoms with Crippen LogP contribution in [0.25, 0.3) is 11.1 Å². The van der Waals surface area contributed by atoms with Gasteiger partial charge in [-0.15, -0.1) is 0 Å². The van der Waals surface area contributed by atoms with Gasteiger partial charge in [-0.1, -0.05) is 110 Å². The van der Waals surface area contributed by atoms with Crippen molar-refractivity contribution in [3.05, 3.63) is 84.5 Å². The van der Waals surface area contributed by atoms with Crippen molar-refractivity contribution in [3.63, 3.8) is 0 Å². The van der Waals surface area contributed by atoms with Crippen molar-refractivity contribution in [2.75, 3.05) is 0 Å². The standard InChI is InChI=1S/C20H24.C2H6.3CH4/c1-5-9-13-17(8-4)19-14-10-15-20(16-19)18(11-6-2)12-7-3;1-2;;;/h5-6,8-16H,4,7H2,1-3H3;1-2H3;3*1H4/b9-5-,11-6-,17-13+,18-12+;;;;. The molecule has 25 heavy (non-hydrogen) atoms. The highest BCUT2D eigenvalue weighted by Gasteiger charge is 2.01. The van der Waals surface area contributed by atoms with Gasteiger partial charge in [-0.3, -0.25) is 0 Å². The van der Waals surface area contributed by atoms with E-state index >= 15 is 0 Å². The first-order valence-corrected chi connectivity index (χ1v) is 8.15. The second-order valence-corrected chi connectivity index (χ2v) is 4.50. The lowest BCUT2D eigenvalue weighted by molar-refractivity contribution is 1.23. The Kier molecular flexibility index (Phi) is 24.6. The molecule has 0 aliphatic heterocycles. The van der Waals surface area contributed by atoms with Crippen LogP contribution in [0.3, 0.4) is 0 Å². The molecule has 1 aromatic carbocycles. The Balaban J connectivity index is -0.000000425. The van der Waals surface area contributed by atoms with Crippen LogP contribution in [0, 0.1) is 0 Å². The Bertz CT molecular complexity index is 551. The molecule has 0 radical (unpaired) electrons. The second kappa shape index (κ2) is 20.0. The van der Waals surface area contributed by atoms with Crippen molar-refractivity contribution < 1.29 is 0 Å². The molecule has 0 unspecified atom stereocenters. The quantitative estimate of drug-likeness (QED) is 0.452. The predicted octanol–water partition coefficient (Wildman–Crippen LogP) is 9.14. The van der Waals surface area contributed by atoms with E-state index in [0.29, 0.717) is 0 Å². The maximum absolute atomic E-state index is 3.91. The summed E-state index contributed by atoms with van der Waals surface area (Å²) in [7, 11) is 0. The molecule has 0 fully saturated rings. The zero-order valence-corrected chi connectivity index (χ0v) is 14.8. The molecular formula is C25H42. The highest BCUT2D eigenvalue weighted by Crippen LogP contribution is 2.23. The Morgan fingerprint density at radius 3 is 1.96 bits per heavy atom. The van der Waals surface area contributed by atoms with Gasteiger partial charge < -0.3 is 0 Å². The average Bonchev–Trinajstić information content (AvgIpc) is 2.57. The zero-order chi connectivity index (χ0) is 16.8. The molecule has 0 spiro atoms. The van der Waals surface area contributed by atoms with Crippen LogP contribution < -0.4 is 0 Å². The topological polar surface area (TPSA) is 0 Å². The zero-order valence-electron chi connectivity index (χ0n) is 14.8. The first-order chi connectivity index (χ1) is 10.8. The van der Waals surface area contributed by atoms with Crippen LogP contribution in [0.1, 0.15) is 74.4 Å². The summed E-state index contributed by atoms with van der Waals surface area (Å²) < 4.78 is 0. The van der Waals surface area contributed by atoms with E-state index in [-0.39, 0.29) is 22.3 Å². The van der Waals surface area contributed by atoms with Crippen molar-refractivity contribution >= 4 is 11.1 Å². The molecule has 1 aromatic rings. The predicted molar refractivity (Wildman–Crippen MR) is 124 cm³/mol. The van der Waals surface area contributed by atoms with Crippen molar-refractivity contribution in [1.29, 1.82) is 0 Å². The van der Waals surface area contributed by atoms with E-state index in [1.54, 1.807) is 0 Å². The third-order valence-corrected chi connectivity index (χ3v) is 2.99. The van der Waals surface area contributed by atoms with Crippen molar-refractivity contribution in [2.45, 2.75) is 63.3 Å². The highest BCUT2D eigenvalue weighted by molar-refractivity contribution is 5.80. The second-order valence-electron chi connectivity index (χ2n) is 4.50. The summed E-state index contributed by atoms with van der Waals surface area (Å²) >= 11 is 0. The molecule has 0 saturated carbocycles. The van der Waals surface area contributed by atoms with E-state index in [1.165, 1.54) is 16.7 Å². The summed E-state index contributed by atoms with van der Waals surface area (Å²) in [5.41, 5.74) is 4.85. The molecule has 1 rings (SSSR count). The van der Waals surface area contributed by atoms with E-state index in [0.717, 1.165) is 12.0 Å². The molecule has 0 heterocycles. The number of hydrogen-bond donors (Lipinski definition) is 0. The van der Waals surface area contributed by atoms with Gasteiger partial charge in [0.05, 0.1) is 0 Å². The number of hydrogen-bond acceptors (Lipinski definition) is 0. The third kappa shape index (κ3) is 11.2. The summed E-state index contributed by atoms with van der Waals surface area (Å²) in [5, 5.41) is 0. The molecule has 0 aliphatic carbocycles. The molecule has 0 atom stereocenters. The molecule has 0 N–H and O–H groups in total. The van der Waals surface area contributed by atoms with Crippen LogP contribution in [0.5, 0.6) is 0 Å². The maximum atomic E-state index is 3.91. The van der Waals surface area contributed by atoms with Crippen molar-refractivity contribution in [3.8, 4) is 0 Å². The molecule has 0 saturated heterocycles. The van der Waals surface area contributed by atoms with Crippen molar-refractivity contribution in [1.82, 2.24) is 0 Å². The van der Waals surface area contributed by atoms with Crippen LogP contribution in [0.2, 0.25) is 0 Å². The molecule has 0 amide bonds. The monoisotopic (exact) mass is 342 g/mol. The molecule has 0 aromatic heterocycles. The molecule has 0 nitrogen and oxygen atoms in total. The Hall–Kier alpha value is -2.08. The van der Waals surface area contributed by atoms with Crippen LogP contribution in [-0.4, -0.2) is 0 Å². The molecular weight excluding hydrogens is 300 g/mol. The van der Waals surface area contributed by atoms with Gasteiger partial charge in [-0.25, -0.2) is 0 Å². The Labute approximate surface area is 159 Å². The normalized spacial score (nSPS) is 10.9. The van der Waals surface area contributed by atoms with E-state index in [9.17, 15) is 0 Å². The van der Waals surface area contributed by atoms with E-state index in [4.69, 9.17) is 0 Å². The summed E-state index contributed by atoms with van der Waals surface area (Å²) in [5.74, 6) is 0. The minimum absolute atomic E-state index is 0. The van der Waals surface area contributed by atoms with Gasteiger partial charge in [-0.2, -0.15) is 0 Å². The van der Waals surface area contributed by atoms with E-state index in [1.807, 2.05) is 39.0 Å². The minimum atomic E-state index is 0. The fraction of sp³-hybridized carbons (Fsp3) is 0.360. The van der Waals surface area contributed by atoms with Crippen LogP contribution in [0.15, 0.2) is 73.4 Å². The average molecular weight is 343 g/mol. The molecule has 0 bridgehead atoms. The Morgan fingerprint density at radius 2 is 1.52 bits per heavy atom. The van der Waals surface area contributed by atoms with Gasteiger partial charge >= 0.3 is 0 Å². The molecule has 0 aliphatic rings. The molecule has 142 valence electrons. The van der Waals surface area contributed by atoms with Gasteiger partial charge in [-0.05, 0) is 48.6 Å². The Morgan fingerprint density at radius 1 is 0.960 bits per heavy atom. The first kappa shape index (κ1) is 30.8. The largest absolute Gasteiger partial charge is 0.0984 e. The molecule has 0 heteroatoms. The lowest BCUT2D eigenvalue weighted by atomic mass is 9.98. The fourth-order valence-corrected chi connectivity index (χ4v) is 2.04.